The SMILES string of the molecule is CCCCOc1c(CC(C)C)cc2c(C(CCC)C(=O)OC)coc2c1CO. The standard InChI is InChI=1S/C23H34O5/c1-6-8-10-27-21-16(11-15(3)4)12-18-20(14-28-22(18)19(21)13-24)17(9-7-2)23(25)26-5/h12,14-15,17,24H,6-11,13H2,1-5H3. The predicted molar refractivity (Wildman–Crippen MR) is 111 cm³/mol. The molecule has 1 atom stereocenters. The average Bonchev–Trinajstić information content (AvgIpc) is 3.08. The first-order valence-corrected chi connectivity index (χ1v) is 10.4. The van der Waals surface area contributed by atoms with E-state index in [4.69, 9.17) is 13.9 Å². The van der Waals surface area contributed by atoms with Crippen LogP contribution in [0.1, 0.15) is 76.0 Å². The third-order valence-electron chi connectivity index (χ3n) is 4.99. The Hall–Kier alpha value is -2.01. The fraction of sp³-hybridized carbons (Fsp3) is 0.609. The molecule has 156 valence electrons. The maximum Gasteiger partial charge on any atom is 0.313 e. The van der Waals surface area contributed by atoms with E-state index in [2.05, 4.69) is 26.8 Å². The summed E-state index contributed by atoms with van der Waals surface area (Å²) < 4.78 is 17.0. The van der Waals surface area contributed by atoms with Crippen molar-refractivity contribution in [3.63, 3.8) is 0 Å². The van der Waals surface area contributed by atoms with Gasteiger partial charge in [-0.05, 0) is 36.8 Å². The molecule has 1 N–H and O–H groups in total. The van der Waals surface area contributed by atoms with Crippen molar-refractivity contribution in [2.75, 3.05) is 13.7 Å². The zero-order chi connectivity index (χ0) is 20.7. The second-order valence-electron chi connectivity index (χ2n) is 7.73. The Kier molecular flexibility index (Phi) is 8.36. The summed E-state index contributed by atoms with van der Waals surface area (Å²) in [7, 11) is 1.41. The number of rotatable bonds is 11. The van der Waals surface area contributed by atoms with Crippen LogP contribution in [0.15, 0.2) is 16.7 Å². The molecular formula is C23H34O5. The van der Waals surface area contributed by atoms with Gasteiger partial charge >= 0.3 is 5.97 Å². The lowest BCUT2D eigenvalue weighted by Crippen LogP contribution is -2.14. The van der Waals surface area contributed by atoms with Gasteiger partial charge in [0.15, 0.2) is 0 Å². The lowest BCUT2D eigenvalue weighted by atomic mass is 9.91. The molecule has 2 rings (SSSR count). The van der Waals surface area contributed by atoms with Gasteiger partial charge in [0.1, 0.15) is 11.3 Å². The topological polar surface area (TPSA) is 68.9 Å². The van der Waals surface area contributed by atoms with Crippen LogP contribution in [-0.4, -0.2) is 24.8 Å². The van der Waals surface area contributed by atoms with Gasteiger partial charge in [-0.3, -0.25) is 4.79 Å². The average molecular weight is 391 g/mol. The molecule has 0 aliphatic heterocycles. The second kappa shape index (κ2) is 10.5. The van der Waals surface area contributed by atoms with E-state index in [9.17, 15) is 9.90 Å². The van der Waals surface area contributed by atoms with Crippen molar-refractivity contribution in [1.82, 2.24) is 0 Å². The monoisotopic (exact) mass is 390 g/mol. The van der Waals surface area contributed by atoms with Crippen LogP contribution in [0.3, 0.4) is 0 Å². The van der Waals surface area contributed by atoms with E-state index in [0.717, 1.165) is 47.9 Å². The molecule has 0 bridgehead atoms. The van der Waals surface area contributed by atoms with E-state index in [1.54, 1.807) is 6.26 Å². The Morgan fingerprint density at radius 3 is 2.57 bits per heavy atom. The van der Waals surface area contributed by atoms with Gasteiger partial charge in [-0.25, -0.2) is 0 Å². The van der Waals surface area contributed by atoms with Crippen molar-refractivity contribution >= 4 is 16.9 Å². The van der Waals surface area contributed by atoms with Crippen molar-refractivity contribution in [3.05, 3.63) is 29.0 Å². The van der Waals surface area contributed by atoms with E-state index in [-0.39, 0.29) is 18.5 Å². The summed E-state index contributed by atoms with van der Waals surface area (Å²) in [4.78, 5) is 12.4. The van der Waals surface area contributed by atoms with Gasteiger partial charge in [0.2, 0.25) is 0 Å². The highest BCUT2D eigenvalue weighted by atomic mass is 16.5. The number of hydrogen-bond acceptors (Lipinski definition) is 5. The van der Waals surface area contributed by atoms with Crippen LogP contribution >= 0.6 is 0 Å². The molecule has 1 aromatic carbocycles. The lowest BCUT2D eigenvalue weighted by molar-refractivity contribution is -0.142. The second-order valence-corrected chi connectivity index (χ2v) is 7.73. The maximum absolute atomic E-state index is 12.4. The minimum atomic E-state index is -0.374. The number of ether oxygens (including phenoxy) is 2. The Labute approximate surface area is 168 Å². The molecule has 28 heavy (non-hydrogen) atoms. The van der Waals surface area contributed by atoms with Gasteiger partial charge in [-0.15, -0.1) is 0 Å². The van der Waals surface area contributed by atoms with Crippen LogP contribution in [0.5, 0.6) is 5.75 Å². The third kappa shape index (κ3) is 4.88. The summed E-state index contributed by atoms with van der Waals surface area (Å²) in [5.41, 5.74) is 3.13. The molecule has 0 saturated heterocycles. The van der Waals surface area contributed by atoms with Crippen molar-refractivity contribution < 1.29 is 23.8 Å². The van der Waals surface area contributed by atoms with Crippen LogP contribution in [-0.2, 0) is 22.6 Å². The number of carbonyl (C=O) groups is 1. The van der Waals surface area contributed by atoms with Gasteiger partial charge < -0.3 is 19.0 Å². The lowest BCUT2D eigenvalue weighted by Gasteiger charge is -2.18. The van der Waals surface area contributed by atoms with Crippen molar-refractivity contribution in [2.24, 2.45) is 5.92 Å². The van der Waals surface area contributed by atoms with E-state index in [1.807, 2.05) is 6.92 Å². The van der Waals surface area contributed by atoms with Gasteiger partial charge in [0.05, 0.1) is 38.1 Å². The summed E-state index contributed by atoms with van der Waals surface area (Å²) in [5, 5.41) is 11.0. The zero-order valence-corrected chi connectivity index (χ0v) is 17.8. The summed E-state index contributed by atoms with van der Waals surface area (Å²) >= 11 is 0. The largest absolute Gasteiger partial charge is 0.493 e. The zero-order valence-electron chi connectivity index (χ0n) is 17.8. The van der Waals surface area contributed by atoms with E-state index in [1.165, 1.54) is 7.11 Å². The molecule has 0 spiro atoms. The number of unbranched alkanes of at least 4 members (excludes halogenated alkanes) is 1. The fourth-order valence-corrected chi connectivity index (χ4v) is 3.63. The van der Waals surface area contributed by atoms with Gasteiger partial charge in [-0.2, -0.15) is 0 Å². The first kappa shape index (κ1) is 22.3. The molecule has 0 radical (unpaired) electrons. The van der Waals surface area contributed by atoms with Crippen molar-refractivity contribution in [1.29, 1.82) is 0 Å². The van der Waals surface area contributed by atoms with Crippen LogP contribution in [0.4, 0.5) is 0 Å². The molecule has 0 fully saturated rings. The minimum absolute atomic E-state index is 0.173. The predicted octanol–water partition coefficient (Wildman–Crippen LogP) is 5.36. The molecule has 0 aliphatic rings. The number of carbonyl (C=O) groups excluding carboxylic acids is 1. The summed E-state index contributed by atoms with van der Waals surface area (Å²) in [6.07, 6.45) is 6.00. The Bertz CT molecular complexity index is 775. The highest BCUT2D eigenvalue weighted by molar-refractivity contribution is 5.92. The Morgan fingerprint density at radius 1 is 1.25 bits per heavy atom. The molecule has 0 saturated carbocycles. The number of fused-ring (bicyclic) bond motifs is 1. The molecule has 1 heterocycles. The molecule has 0 amide bonds. The number of hydrogen-bond donors (Lipinski definition) is 1. The van der Waals surface area contributed by atoms with Crippen LogP contribution in [0.25, 0.3) is 11.0 Å². The quantitative estimate of drug-likeness (QED) is 0.413. The number of methoxy groups -OCH3 is 1. The first-order chi connectivity index (χ1) is 13.5. The molecule has 5 heteroatoms. The number of aliphatic hydroxyl groups excluding tert-OH is 1. The Morgan fingerprint density at radius 2 is 2.00 bits per heavy atom. The number of esters is 1. The highest BCUT2D eigenvalue weighted by Crippen LogP contribution is 2.39. The number of aliphatic hydroxyl groups is 1. The van der Waals surface area contributed by atoms with Gasteiger partial charge in [0, 0.05) is 10.9 Å². The molecule has 0 aliphatic carbocycles. The van der Waals surface area contributed by atoms with Gasteiger partial charge in [-0.1, -0.05) is 40.5 Å². The Balaban J connectivity index is 2.64. The van der Waals surface area contributed by atoms with E-state index >= 15 is 0 Å². The summed E-state index contributed by atoms with van der Waals surface area (Å²) in [6.45, 7) is 8.91. The van der Waals surface area contributed by atoms with E-state index < -0.39 is 0 Å². The summed E-state index contributed by atoms with van der Waals surface area (Å²) in [5.74, 6) is 0.522. The molecular weight excluding hydrogens is 356 g/mol. The number of benzene rings is 1. The minimum Gasteiger partial charge on any atom is -0.493 e. The number of furan rings is 1. The summed E-state index contributed by atoms with van der Waals surface area (Å²) in [6, 6.07) is 2.07. The van der Waals surface area contributed by atoms with Crippen molar-refractivity contribution in [3.8, 4) is 5.75 Å². The molecule has 2 aromatic rings. The maximum atomic E-state index is 12.4. The molecule has 1 unspecified atom stereocenters. The fourth-order valence-electron chi connectivity index (χ4n) is 3.63. The van der Waals surface area contributed by atoms with E-state index in [0.29, 0.717) is 30.1 Å². The van der Waals surface area contributed by atoms with Crippen molar-refractivity contribution in [2.45, 2.75) is 72.3 Å². The molecule has 1 aromatic heterocycles. The molecule has 5 nitrogen and oxygen atoms in total. The first-order valence-electron chi connectivity index (χ1n) is 10.4. The smallest absolute Gasteiger partial charge is 0.313 e. The van der Waals surface area contributed by atoms with Gasteiger partial charge in [0.25, 0.3) is 0 Å². The van der Waals surface area contributed by atoms with Crippen LogP contribution < -0.4 is 4.74 Å². The van der Waals surface area contributed by atoms with Crippen LogP contribution in [0, 0.1) is 5.92 Å². The highest BCUT2D eigenvalue weighted by Gasteiger charge is 2.27. The van der Waals surface area contributed by atoms with Crippen LogP contribution in [0.2, 0.25) is 0 Å². The normalized spacial score (nSPS) is 12.5. The third-order valence-corrected chi connectivity index (χ3v) is 4.99.